The minimum atomic E-state index is -0.215. The van der Waals surface area contributed by atoms with Gasteiger partial charge in [-0.2, -0.15) is 0 Å². The molecule has 0 radical (unpaired) electrons. The fraction of sp³-hybridized carbons (Fsp3) is 0.875. The van der Waals surface area contributed by atoms with Crippen molar-refractivity contribution >= 4 is 5.91 Å². The zero-order chi connectivity index (χ0) is 9.14. The van der Waals surface area contributed by atoms with Gasteiger partial charge < -0.3 is 11.5 Å². The molecule has 0 aromatic rings. The fourth-order valence-electron chi connectivity index (χ4n) is 1.76. The molecule has 0 aromatic heterocycles. The molecule has 4 N–H and O–H groups in total. The zero-order valence-electron chi connectivity index (χ0n) is 7.49. The van der Waals surface area contributed by atoms with Crippen LogP contribution in [0.3, 0.4) is 0 Å². The number of nitrogens with zero attached hydrogens (tertiary/aromatic N) is 1. The van der Waals surface area contributed by atoms with Gasteiger partial charge >= 0.3 is 0 Å². The van der Waals surface area contributed by atoms with E-state index in [1.807, 2.05) is 6.92 Å². The van der Waals surface area contributed by atoms with E-state index in [1.165, 1.54) is 0 Å². The van der Waals surface area contributed by atoms with Crippen LogP contribution in [-0.4, -0.2) is 36.0 Å². The monoisotopic (exact) mass is 171 g/mol. The summed E-state index contributed by atoms with van der Waals surface area (Å²) >= 11 is 0. The molecule has 0 spiro atoms. The largest absolute Gasteiger partial charge is 0.368 e. The van der Waals surface area contributed by atoms with Crippen molar-refractivity contribution in [3.63, 3.8) is 0 Å². The van der Waals surface area contributed by atoms with Crippen LogP contribution in [0.1, 0.15) is 19.8 Å². The van der Waals surface area contributed by atoms with Crippen molar-refractivity contribution in [3.8, 4) is 0 Å². The van der Waals surface area contributed by atoms with Gasteiger partial charge in [-0.15, -0.1) is 0 Å². The molecule has 2 atom stereocenters. The van der Waals surface area contributed by atoms with E-state index in [0.29, 0.717) is 6.54 Å². The molecule has 1 heterocycles. The lowest BCUT2D eigenvalue weighted by molar-refractivity contribution is -0.122. The van der Waals surface area contributed by atoms with E-state index in [1.54, 1.807) is 0 Å². The number of primary amides is 1. The molecule has 1 aliphatic heterocycles. The van der Waals surface area contributed by atoms with Crippen LogP contribution in [0.15, 0.2) is 0 Å². The van der Waals surface area contributed by atoms with Crippen LogP contribution in [0.25, 0.3) is 0 Å². The van der Waals surface area contributed by atoms with Crippen molar-refractivity contribution in [2.75, 3.05) is 13.1 Å². The first-order valence-corrected chi connectivity index (χ1v) is 4.42. The molecule has 0 bridgehead atoms. The van der Waals surface area contributed by atoms with Crippen LogP contribution in [0.4, 0.5) is 0 Å². The molecule has 1 aliphatic rings. The lowest BCUT2D eigenvalue weighted by atomic mass is 10.2. The van der Waals surface area contributed by atoms with Gasteiger partial charge in [0.15, 0.2) is 0 Å². The number of carbonyl (C=O) groups is 1. The molecule has 0 aromatic carbocycles. The van der Waals surface area contributed by atoms with E-state index in [9.17, 15) is 4.79 Å². The Balaban J connectivity index is 2.57. The average Bonchev–Trinajstić information content (AvgIpc) is 2.50. The smallest absolute Gasteiger partial charge is 0.234 e. The topological polar surface area (TPSA) is 72.3 Å². The van der Waals surface area contributed by atoms with Gasteiger partial charge in [-0.1, -0.05) is 0 Å². The number of nitrogens with two attached hydrogens (primary N) is 2. The van der Waals surface area contributed by atoms with Crippen LogP contribution in [0, 0.1) is 0 Å². The zero-order valence-corrected chi connectivity index (χ0v) is 7.49. The second-order valence-electron chi connectivity index (χ2n) is 3.38. The van der Waals surface area contributed by atoms with E-state index in [2.05, 4.69) is 4.90 Å². The van der Waals surface area contributed by atoms with Crippen molar-refractivity contribution in [3.05, 3.63) is 0 Å². The molecule has 1 fully saturated rings. The summed E-state index contributed by atoms with van der Waals surface area (Å²) in [5.41, 5.74) is 10.8. The molecule has 0 saturated carbocycles. The Morgan fingerprint density at radius 3 is 2.92 bits per heavy atom. The van der Waals surface area contributed by atoms with Crippen molar-refractivity contribution in [2.45, 2.75) is 31.8 Å². The number of carbonyl (C=O) groups excluding carboxylic acids is 1. The minimum absolute atomic E-state index is 0.0800. The number of amides is 1. The first-order chi connectivity index (χ1) is 5.66. The van der Waals surface area contributed by atoms with Gasteiger partial charge in [0, 0.05) is 12.6 Å². The second-order valence-corrected chi connectivity index (χ2v) is 3.38. The Kier molecular flexibility index (Phi) is 3.05. The Labute approximate surface area is 72.9 Å². The number of likely N-dealkylation sites (tertiary alicyclic amines) is 1. The lowest BCUT2D eigenvalue weighted by Crippen LogP contribution is -2.47. The highest BCUT2D eigenvalue weighted by Crippen LogP contribution is 2.18. The highest BCUT2D eigenvalue weighted by Gasteiger charge is 2.31. The van der Waals surface area contributed by atoms with E-state index < -0.39 is 0 Å². The molecular weight excluding hydrogens is 154 g/mol. The summed E-state index contributed by atoms with van der Waals surface area (Å²) in [4.78, 5) is 13.1. The van der Waals surface area contributed by atoms with Gasteiger partial charge in [0.1, 0.15) is 0 Å². The van der Waals surface area contributed by atoms with Crippen molar-refractivity contribution in [1.29, 1.82) is 0 Å². The summed E-state index contributed by atoms with van der Waals surface area (Å²) in [5.74, 6) is -0.215. The first-order valence-electron chi connectivity index (χ1n) is 4.42. The van der Waals surface area contributed by atoms with Crippen LogP contribution >= 0.6 is 0 Å². The maximum absolute atomic E-state index is 11.0. The maximum Gasteiger partial charge on any atom is 0.234 e. The number of rotatable bonds is 3. The maximum atomic E-state index is 11.0. The van der Waals surface area contributed by atoms with Gasteiger partial charge in [-0.05, 0) is 26.3 Å². The van der Waals surface area contributed by atoms with E-state index in [4.69, 9.17) is 11.5 Å². The van der Waals surface area contributed by atoms with Crippen LogP contribution in [-0.2, 0) is 4.79 Å². The predicted molar refractivity (Wildman–Crippen MR) is 47.4 cm³/mol. The fourth-order valence-corrected chi connectivity index (χ4v) is 1.76. The third-order valence-corrected chi connectivity index (χ3v) is 2.53. The molecule has 0 aliphatic carbocycles. The van der Waals surface area contributed by atoms with Gasteiger partial charge in [-0.25, -0.2) is 0 Å². The van der Waals surface area contributed by atoms with Gasteiger partial charge in [0.05, 0.1) is 6.04 Å². The Bertz CT molecular complexity index is 172. The normalized spacial score (nSPS) is 27.3. The van der Waals surface area contributed by atoms with Gasteiger partial charge in [0.25, 0.3) is 0 Å². The third-order valence-electron chi connectivity index (χ3n) is 2.53. The van der Waals surface area contributed by atoms with E-state index in [0.717, 1.165) is 19.4 Å². The third kappa shape index (κ3) is 1.76. The van der Waals surface area contributed by atoms with E-state index in [-0.39, 0.29) is 18.0 Å². The highest BCUT2D eigenvalue weighted by molar-refractivity contribution is 5.80. The SMILES string of the molecule is CC(CN)N1CCCC1C(N)=O. The summed E-state index contributed by atoms with van der Waals surface area (Å²) in [6.07, 6.45) is 1.94. The Morgan fingerprint density at radius 1 is 1.75 bits per heavy atom. The summed E-state index contributed by atoms with van der Waals surface area (Å²) in [6, 6.07) is 0.188. The molecule has 1 amide bonds. The highest BCUT2D eigenvalue weighted by atomic mass is 16.1. The molecule has 12 heavy (non-hydrogen) atoms. The predicted octanol–water partition coefficient (Wildman–Crippen LogP) is -0.717. The molecular formula is C8H17N3O. The standard InChI is InChI=1S/C8H17N3O/c1-6(5-9)11-4-2-3-7(11)8(10)12/h6-7H,2-5,9H2,1H3,(H2,10,12). The number of hydrogen-bond donors (Lipinski definition) is 2. The van der Waals surface area contributed by atoms with Crippen molar-refractivity contribution < 1.29 is 4.79 Å². The second kappa shape index (κ2) is 3.87. The van der Waals surface area contributed by atoms with Gasteiger partial charge in [0.2, 0.25) is 5.91 Å². The quantitative estimate of drug-likeness (QED) is 0.589. The van der Waals surface area contributed by atoms with Crippen molar-refractivity contribution in [1.82, 2.24) is 4.90 Å². The summed E-state index contributed by atoms with van der Waals surface area (Å²) in [7, 11) is 0. The van der Waals surface area contributed by atoms with Crippen molar-refractivity contribution in [2.24, 2.45) is 11.5 Å². The summed E-state index contributed by atoms with van der Waals surface area (Å²) in [5, 5.41) is 0. The number of hydrogen-bond acceptors (Lipinski definition) is 3. The van der Waals surface area contributed by atoms with E-state index >= 15 is 0 Å². The Morgan fingerprint density at radius 2 is 2.42 bits per heavy atom. The minimum Gasteiger partial charge on any atom is -0.368 e. The summed E-state index contributed by atoms with van der Waals surface area (Å²) in [6.45, 7) is 3.57. The lowest BCUT2D eigenvalue weighted by Gasteiger charge is -2.27. The molecule has 1 saturated heterocycles. The molecule has 2 unspecified atom stereocenters. The van der Waals surface area contributed by atoms with Crippen LogP contribution in [0.2, 0.25) is 0 Å². The molecule has 1 rings (SSSR count). The van der Waals surface area contributed by atoms with Crippen LogP contribution < -0.4 is 11.5 Å². The molecule has 70 valence electrons. The first kappa shape index (κ1) is 9.48. The Hall–Kier alpha value is -0.610. The average molecular weight is 171 g/mol. The molecule has 4 heteroatoms. The van der Waals surface area contributed by atoms with Crippen LogP contribution in [0.5, 0.6) is 0 Å². The van der Waals surface area contributed by atoms with Gasteiger partial charge in [-0.3, -0.25) is 9.69 Å². The molecule has 4 nitrogen and oxygen atoms in total. The summed E-state index contributed by atoms with van der Waals surface area (Å²) < 4.78 is 0.